The highest BCUT2D eigenvalue weighted by Crippen LogP contribution is 2.37. The first kappa shape index (κ1) is 35.7. The van der Waals surface area contributed by atoms with Crippen molar-refractivity contribution in [3.8, 4) is 5.75 Å². The number of halogens is 3. The van der Waals surface area contributed by atoms with Crippen molar-refractivity contribution in [1.82, 2.24) is 15.1 Å². The van der Waals surface area contributed by atoms with E-state index in [1.54, 1.807) is 18.2 Å². The molecule has 2 aliphatic heterocycles. The van der Waals surface area contributed by atoms with E-state index >= 15 is 0 Å². The van der Waals surface area contributed by atoms with Crippen LogP contribution < -0.4 is 15.8 Å². The van der Waals surface area contributed by atoms with Gasteiger partial charge in [-0.3, -0.25) is 14.4 Å². The second kappa shape index (κ2) is 16.3. The fourth-order valence-corrected chi connectivity index (χ4v) is 7.31. The van der Waals surface area contributed by atoms with Crippen LogP contribution in [0.3, 0.4) is 0 Å². The molecule has 1 aliphatic carbocycles. The predicted octanol–water partition coefficient (Wildman–Crippen LogP) is 5.95. The summed E-state index contributed by atoms with van der Waals surface area (Å²) in [5, 5.41) is 3.65. The van der Waals surface area contributed by atoms with E-state index in [9.17, 15) is 23.2 Å². The van der Waals surface area contributed by atoms with E-state index in [0.29, 0.717) is 61.3 Å². The largest absolute Gasteiger partial charge is 0.492 e. The first-order valence-corrected chi connectivity index (χ1v) is 18.2. The number of carbonyl (C=O) groups excluding carboxylic acids is 3. The molecule has 2 heterocycles. The molecule has 50 heavy (non-hydrogen) atoms. The highest BCUT2D eigenvalue weighted by Gasteiger charge is 2.43. The number of amides is 3. The number of fused-ring (bicyclic) bond motifs is 2. The SMILES string of the molecule is NC(=O)CCCC(=O)N1CC2CC(c3ccc(CCCOc4cc(F)ccc4Br)cc3)=C(C(=O)N(CCc3ccc(F)cc3)C3CC3)C(C1)N2. The molecule has 0 aromatic heterocycles. The summed E-state index contributed by atoms with van der Waals surface area (Å²) in [4.78, 5) is 42.9. The van der Waals surface area contributed by atoms with Gasteiger partial charge in [-0.15, -0.1) is 0 Å². The van der Waals surface area contributed by atoms with Crippen molar-refractivity contribution in [2.45, 2.75) is 75.9 Å². The molecule has 3 aromatic carbocycles. The molecule has 2 bridgehead atoms. The molecule has 1 saturated heterocycles. The monoisotopic (exact) mass is 748 g/mol. The minimum Gasteiger partial charge on any atom is -0.492 e. The summed E-state index contributed by atoms with van der Waals surface area (Å²) < 4.78 is 33.7. The van der Waals surface area contributed by atoms with Gasteiger partial charge < -0.3 is 25.6 Å². The fourth-order valence-electron chi connectivity index (χ4n) is 6.95. The lowest BCUT2D eigenvalue weighted by molar-refractivity contribution is -0.134. The Kier molecular flexibility index (Phi) is 11.6. The van der Waals surface area contributed by atoms with Gasteiger partial charge in [-0.05, 0) is 107 Å². The molecule has 1 saturated carbocycles. The lowest BCUT2D eigenvalue weighted by Crippen LogP contribution is -2.62. The van der Waals surface area contributed by atoms with Gasteiger partial charge in [0.25, 0.3) is 5.91 Å². The highest BCUT2D eigenvalue weighted by molar-refractivity contribution is 9.10. The van der Waals surface area contributed by atoms with Crippen LogP contribution in [0.5, 0.6) is 5.75 Å². The molecule has 6 rings (SSSR count). The lowest BCUT2D eigenvalue weighted by Gasteiger charge is -2.45. The van der Waals surface area contributed by atoms with Crippen molar-refractivity contribution in [3.63, 3.8) is 0 Å². The van der Waals surface area contributed by atoms with Crippen LogP contribution in [0.1, 0.15) is 61.6 Å². The minimum absolute atomic E-state index is 0.0201. The molecule has 8 nitrogen and oxygen atoms in total. The highest BCUT2D eigenvalue weighted by atomic mass is 79.9. The Morgan fingerprint density at radius 3 is 2.32 bits per heavy atom. The van der Waals surface area contributed by atoms with Crippen molar-refractivity contribution in [3.05, 3.63) is 105 Å². The maximum atomic E-state index is 14.6. The first-order valence-electron chi connectivity index (χ1n) is 17.4. The van der Waals surface area contributed by atoms with Crippen LogP contribution in [0.4, 0.5) is 8.78 Å². The summed E-state index contributed by atoms with van der Waals surface area (Å²) in [6.45, 7) is 1.85. The van der Waals surface area contributed by atoms with E-state index in [1.165, 1.54) is 24.3 Å². The van der Waals surface area contributed by atoms with Gasteiger partial charge in [0.2, 0.25) is 11.8 Å². The van der Waals surface area contributed by atoms with E-state index < -0.39 is 5.91 Å². The molecular weight excluding hydrogens is 706 g/mol. The number of benzene rings is 3. The van der Waals surface area contributed by atoms with Gasteiger partial charge in [0.15, 0.2) is 0 Å². The number of hydrogen-bond acceptors (Lipinski definition) is 5. The van der Waals surface area contributed by atoms with E-state index in [0.717, 1.165) is 47.9 Å². The number of primary amides is 1. The van der Waals surface area contributed by atoms with Crippen LogP contribution in [0, 0.1) is 11.6 Å². The molecule has 2 atom stereocenters. The summed E-state index contributed by atoms with van der Waals surface area (Å²) in [6, 6.07) is 18.9. The number of piperazine rings is 1. The van der Waals surface area contributed by atoms with Gasteiger partial charge in [0, 0.05) is 56.2 Å². The molecule has 0 radical (unpaired) electrons. The minimum atomic E-state index is -0.423. The third kappa shape index (κ3) is 9.17. The zero-order valence-corrected chi connectivity index (χ0v) is 29.6. The van der Waals surface area contributed by atoms with Crippen LogP contribution in [0.15, 0.2) is 76.8 Å². The summed E-state index contributed by atoms with van der Waals surface area (Å²) in [7, 11) is 0. The normalized spacial score (nSPS) is 18.6. The standard InChI is InChI=1S/C39H43BrF2N4O4/c40-33-17-14-29(42)21-35(33)50-20-2-3-25-6-10-27(11-7-25)32-22-30-23-45(37(48)5-1-4-36(43)47)24-34(44-30)38(32)39(49)46(31-15-16-31)19-18-26-8-12-28(41)13-9-26/h6-14,17,21,30-31,34,44H,1-5,15-16,18-20,22-24H2,(H2,43,47). The molecule has 0 spiro atoms. The average Bonchev–Trinajstić information content (AvgIpc) is 3.94. The third-order valence-electron chi connectivity index (χ3n) is 9.67. The van der Waals surface area contributed by atoms with E-state index in [4.69, 9.17) is 10.5 Å². The Bertz CT molecular complexity index is 1730. The molecule has 3 aromatic rings. The maximum absolute atomic E-state index is 14.6. The van der Waals surface area contributed by atoms with Crippen molar-refractivity contribution in [2.75, 3.05) is 26.2 Å². The zero-order chi connectivity index (χ0) is 35.2. The van der Waals surface area contributed by atoms with Crippen LogP contribution in [0.25, 0.3) is 5.57 Å². The molecule has 3 aliphatic rings. The Hall–Kier alpha value is -4.09. The number of ether oxygens (including phenoxy) is 1. The van der Waals surface area contributed by atoms with Crippen molar-refractivity contribution in [1.29, 1.82) is 0 Å². The first-order chi connectivity index (χ1) is 24.1. The third-order valence-corrected chi connectivity index (χ3v) is 10.3. The van der Waals surface area contributed by atoms with Crippen molar-refractivity contribution >= 4 is 39.2 Å². The molecule has 3 N–H and O–H groups in total. The van der Waals surface area contributed by atoms with Gasteiger partial charge in [-0.1, -0.05) is 36.4 Å². The number of nitrogens with one attached hydrogen (secondary N) is 1. The average molecular weight is 750 g/mol. The predicted molar refractivity (Wildman–Crippen MR) is 191 cm³/mol. The van der Waals surface area contributed by atoms with Gasteiger partial charge in [0.05, 0.1) is 17.1 Å². The fraction of sp³-hybridized carbons (Fsp3) is 0.410. The zero-order valence-electron chi connectivity index (χ0n) is 28.0. The van der Waals surface area contributed by atoms with E-state index in [1.807, 2.05) is 9.80 Å². The summed E-state index contributed by atoms with van der Waals surface area (Å²) in [5.41, 5.74) is 10.1. The number of carbonyl (C=O) groups is 3. The summed E-state index contributed by atoms with van der Waals surface area (Å²) >= 11 is 3.40. The van der Waals surface area contributed by atoms with Crippen LogP contribution in [-0.2, 0) is 27.2 Å². The van der Waals surface area contributed by atoms with Crippen LogP contribution in [-0.4, -0.2) is 71.9 Å². The van der Waals surface area contributed by atoms with E-state index in [-0.39, 0.29) is 54.4 Å². The Balaban J connectivity index is 1.20. The smallest absolute Gasteiger partial charge is 0.252 e. The Labute approximate surface area is 300 Å². The molecule has 2 fully saturated rings. The topological polar surface area (TPSA) is 105 Å². The van der Waals surface area contributed by atoms with Crippen LogP contribution >= 0.6 is 15.9 Å². The number of rotatable bonds is 15. The second-order valence-electron chi connectivity index (χ2n) is 13.5. The van der Waals surface area contributed by atoms with Gasteiger partial charge in [-0.2, -0.15) is 0 Å². The van der Waals surface area contributed by atoms with Crippen molar-refractivity contribution < 1.29 is 27.9 Å². The van der Waals surface area contributed by atoms with Gasteiger partial charge in [0.1, 0.15) is 17.4 Å². The molecular formula is C39H43BrF2N4O4. The summed E-state index contributed by atoms with van der Waals surface area (Å²) in [5.74, 6) is -0.637. The Morgan fingerprint density at radius 1 is 0.900 bits per heavy atom. The molecule has 264 valence electrons. The van der Waals surface area contributed by atoms with E-state index in [2.05, 4.69) is 45.5 Å². The molecule has 2 unspecified atom stereocenters. The summed E-state index contributed by atoms with van der Waals surface area (Å²) in [6.07, 6.45) is 5.42. The number of aryl methyl sites for hydroxylation is 1. The Morgan fingerprint density at radius 2 is 1.60 bits per heavy atom. The maximum Gasteiger partial charge on any atom is 0.252 e. The lowest BCUT2D eigenvalue weighted by atomic mass is 9.82. The van der Waals surface area contributed by atoms with Crippen LogP contribution in [0.2, 0.25) is 0 Å². The van der Waals surface area contributed by atoms with Gasteiger partial charge in [-0.25, -0.2) is 8.78 Å². The second-order valence-corrected chi connectivity index (χ2v) is 14.3. The molecule has 11 heteroatoms. The number of nitrogens with two attached hydrogens (primary N) is 1. The van der Waals surface area contributed by atoms with Gasteiger partial charge >= 0.3 is 0 Å². The quantitative estimate of drug-likeness (QED) is 0.187. The molecule has 3 amide bonds. The van der Waals surface area contributed by atoms with Crippen molar-refractivity contribution in [2.24, 2.45) is 5.73 Å². The number of hydrogen-bond donors (Lipinski definition) is 2. The number of nitrogens with zero attached hydrogens (tertiary/aromatic N) is 2.